The standard InChI is InChI=1S/C12H14ClN3O3S2/c13-9-5-7(12(15)20)1-2-10(9)21(18,19)16-4-3-8(6-16)11(14)17/h1-2,5,8H,3-4,6H2,(H2,14,17)(H2,15,20). The first-order valence-electron chi connectivity index (χ1n) is 6.12. The number of rotatable bonds is 4. The summed E-state index contributed by atoms with van der Waals surface area (Å²) in [7, 11) is -3.77. The highest BCUT2D eigenvalue weighted by atomic mass is 35.5. The number of carbonyl (C=O) groups excluding carboxylic acids is 1. The van der Waals surface area contributed by atoms with Gasteiger partial charge >= 0.3 is 0 Å². The van der Waals surface area contributed by atoms with Crippen LogP contribution in [0.1, 0.15) is 12.0 Å². The molecular weight excluding hydrogens is 334 g/mol. The van der Waals surface area contributed by atoms with Gasteiger partial charge in [-0.1, -0.05) is 29.9 Å². The number of sulfonamides is 1. The summed E-state index contributed by atoms with van der Waals surface area (Å²) in [5.74, 6) is -0.961. The number of carbonyl (C=O) groups is 1. The Hall–Kier alpha value is -1.22. The molecule has 0 radical (unpaired) electrons. The van der Waals surface area contributed by atoms with Crippen molar-refractivity contribution in [1.29, 1.82) is 0 Å². The van der Waals surface area contributed by atoms with E-state index in [0.29, 0.717) is 12.0 Å². The number of primary amides is 1. The van der Waals surface area contributed by atoms with Crippen molar-refractivity contribution in [1.82, 2.24) is 4.31 Å². The van der Waals surface area contributed by atoms with Crippen molar-refractivity contribution >= 4 is 44.7 Å². The van der Waals surface area contributed by atoms with Crippen LogP contribution in [0, 0.1) is 5.92 Å². The lowest BCUT2D eigenvalue weighted by molar-refractivity contribution is -0.121. The molecule has 1 heterocycles. The first-order valence-corrected chi connectivity index (χ1v) is 8.35. The second-order valence-corrected chi connectivity index (χ2v) is 7.51. The van der Waals surface area contributed by atoms with Crippen molar-refractivity contribution in [2.75, 3.05) is 13.1 Å². The molecule has 1 aromatic carbocycles. The second kappa shape index (κ2) is 5.88. The summed E-state index contributed by atoms with van der Waals surface area (Å²) < 4.78 is 26.3. The van der Waals surface area contributed by atoms with Crippen LogP contribution in [-0.4, -0.2) is 36.7 Å². The quantitative estimate of drug-likeness (QED) is 0.770. The van der Waals surface area contributed by atoms with Gasteiger partial charge in [-0.25, -0.2) is 8.42 Å². The zero-order valence-electron chi connectivity index (χ0n) is 11.0. The maximum Gasteiger partial charge on any atom is 0.244 e. The van der Waals surface area contributed by atoms with Crippen molar-refractivity contribution in [2.24, 2.45) is 17.4 Å². The first-order chi connectivity index (χ1) is 9.73. The van der Waals surface area contributed by atoms with Crippen molar-refractivity contribution in [2.45, 2.75) is 11.3 Å². The molecule has 21 heavy (non-hydrogen) atoms. The van der Waals surface area contributed by atoms with E-state index in [-0.39, 0.29) is 28.0 Å². The number of amides is 1. The van der Waals surface area contributed by atoms with Gasteiger partial charge in [0.2, 0.25) is 15.9 Å². The molecule has 1 unspecified atom stereocenters. The number of benzene rings is 1. The van der Waals surface area contributed by atoms with Crippen LogP contribution < -0.4 is 11.5 Å². The molecule has 0 aromatic heterocycles. The van der Waals surface area contributed by atoms with Crippen LogP contribution in [0.25, 0.3) is 0 Å². The molecule has 4 N–H and O–H groups in total. The summed E-state index contributed by atoms with van der Waals surface area (Å²) in [6, 6.07) is 4.28. The molecule has 1 fully saturated rings. The second-order valence-electron chi connectivity index (χ2n) is 4.76. The molecule has 1 aliphatic rings. The molecule has 1 atom stereocenters. The third kappa shape index (κ3) is 3.18. The number of nitrogens with two attached hydrogens (primary N) is 2. The van der Waals surface area contributed by atoms with E-state index in [0.717, 1.165) is 0 Å². The average molecular weight is 348 g/mol. The molecule has 1 aromatic rings. The van der Waals surface area contributed by atoms with Crippen LogP contribution in [0.3, 0.4) is 0 Å². The lowest BCUT2D eigenvalue weighted by Gasteiger charge is -2.17. The fourth-order valence-corrected chi connectivity index (χ4v) is 4.33. The van der Waals surface area contributed by atoms with Crippen LogP contribution in [0.4, 0.5) is 0 Å². The van der Waals surface area contributed by atoms with Crippen molar-refractivity contribution in [3.05, 3.63) is 28.8 Å². The van der Waals surface area contributed by atoms with Crippen molar-refractivity contribution < 1.29 is 13.2 Å². The highest BCUT2D eigenvalue weighted by Crippen LogP contribution is 2.29. The Balaban J connectivity index is 2.33. The lowest BCUT2D eigenvalue weighted by atomic mass is 10.1. The van der Waals surface area contributed by atoms with Gasteiger partial charge in [-0.3, -0.25) is 4.79 Å². The average Bonchev–Trinajstić information content (AvgIpc) is 2.88. The molecule has 114 valence electrons. The van der Waals surface area contributed by atoms with Crippen LogP contribution in [0.2, 0.25) is 5.02 Å². The third-order valence-corrected chi connectivity index (χ3v) is 5.97. The predicted molar refractivity (Wildman–Crippen MR) is 83.4 cm³/mol. The number of hydrogen-bond donors (Lipinski definition) is 2. The Morgan fingerprint density at radius 2 is 2.05 bits per heavy atom. The van der Waals surface area contributed by atoms with Crippen LogP contribution in [-0.2, 0) is 14.8 Å². The molecule has 9 heteroatoms. The van der Waals surface area contributed by atoms with Crippen LogP contribution in [0.5, 0.6) is 0 Å². The Morgan fingerprint density at radius 1 is 1.38 bits per heavy atom. The summed E-state index contributed by atoms with van der Waals surface area (Å²) in [4.78, 5) is 11.2. The van der Waals surface area contributed by atoms with Gasteiger partial charge in [-0.2, -0.15) is 4.31 Å². The zero-order valence-corrected chi connectivity index (χ0v) is 13.3. The molecule has 2 rings (SSSR count). The molecule has 0 bridgehead atoms. The van der Waals surface area contributed by atoms with Crippen LogP contribution >= 0.6 is 23.8 Å². The Kier molecular flexibility index (Phi) is 4.52. The molecule has 1 saturated heterocycles. The molecule has 1 aliphatic heterocycles. The van der Waals surface area contributed by atoms with E-state index in [9.17, 15) is 13.2 Å². The minimum Gasteiger partial charge on any atom is -0.389 e. The van der Waals surface area contributed by atoms with E-state index in [1.807, 2.05) is 0 Å². The highest BCUT2D eigenvalue weighted by molar-refractivity contribution is 7.89. The van der Waals surface area contributed by atoms with E-state index in [4.69, 9.17) is 35.3 Å². The van der Waals surface area contributed by atoms with Crippen molar-refractivity contribution in [3.8, 4) is 0 Å². The minimum absolute atomic E-state index is 0.0331. The highest BCUT2D eigenvalue weighted by Gasteiger charge is 2.35. The van der Waals surface area contributed by atoms with Gasteiger partial charge in [0.1, 0.15) is 9.88 Å². The van der Waals surface area contributed by atoms with Gasteiger partial charge in [0.15, 0.2) is 0 Å². The van der Waals surface area contributed by atoms with E-state index in [1.54, 1.807) is 0 Å². The zero-order chi connectivity index (χ0) is 15.8. The Labute approximate surface area is 133 Å². The monoisotopic (exact) mass is 347 g/mol. The number of halogens is 1. The molecule has 0 saturated carbocycles. The van der Waals surface area contributed by atoms with E-state index in [1.165, 1.54) is 22.5 Å². The van der Waals surface area contributed by atoms with E-state index in [2.05, 4.69) is 0 Å². The predicted octanol–water partition coefficient (Wildman–Crippen LogP) is 0.470. The fraction of sp³-hybridized carbons (Fsp3) is 0.333. The third-order valence-electron chi connectivity index (χ3n) is 3.39. The molecule has 6 nitrogen and oxygen atoms in total. The van der Waals surface area contributed by atoms with Gasteiger partial charge in [0, 0.05) is 18.7 Å². The largest absolute Gasteiger partial charge is 0.389 e. The first kappa shape index (κ1) is 16.2. The van der Waals surface area contributed by atoms with Gasteiger partial charge in [-0.05, 0) is 18.6 Å². The molecule has 1 amide bonds. The van der Waals surface area contributed by atoms with Gasteiger partial charge in [-0.15, -0.1) is 0 Å². The summed E-state index contributed by atoms with van der Waals surface area (Å²) in [5, 5.41) is 0.0443. The van der Waals surface area contributed by atoms with E-state index >= 15 is 0 Å². The van der Waals surface area contributed by atoms with Gasteiger partial charge in [0.25, 0.3) is 0 Å². The number of hydrogen-bond acceptors (Lipinski definition) is 4. The molecule has 0 spiro atoms. The molecule has 0 aliphatic carbocycles. The van der Waals surface area contributed by atoms with Crippen LogP contribution in [0.15, 0.2) is 23.1 Å². The van der Waals surface area contributed by atoms with Gasteiger partial charge in [0.05, 0.1) is 10.9 Å². The summed E-state index contributed by atoms with van der Waals surface area (Å²) >= 11 is 10.8. The Bertz CT molecular complexity index is 706. The summed E-state index contributed by atoms with van der Waals surface area (Å²) in [5.41, 5.74) is 11.2. The van der Waals surface area contributed by atoms with E-state index < -0.39 is 21.8 Å². The maximum absolute atomic E-state index is 12.5. The Morgan fingerprint density at radius 3 is 2.52 bits per heavy atom. The SMILES string of the molecule is NC(=O)C1CCN(S(=O)(=O)c2ccc(C(N)=S)cc2Cl)C1. The lowest BCUT2D eigenvalue weighted by Crippen LogP contribution is -2.32. The molecular formula is C12H14ClN3O3S2. The van der Waals surface area contributed by atoms with Crippen molar-refractivity contribution in [3.63, 3.8) is 0 Å². The minimum atomic E-state index is -3.77. The van der Waals surface area contributed by atoms with Gasteiger partial charge < -0.3 is 11.5 Å². The summed E-state index contributed by atoms with van der Waals surface area (Å²) in [6.07, 6.45) is 0.414. The number of thiocarbonyl (C=S) groups is 1. The number of nitrogens with zero attached hydrogens (tertiary/aromatic N) is 1. The topological polar surface area (TPSA) is 106 Å². The fourth-order valence-electron chi connectivity index (χ4n) is 2.18. The maximum atomic E-state index is 12.5. The smallest absolute Gasteiger partial charge is 0.244 e. The normalized spacial score (nSPS) is 19.6. The summed E-state index contributed by atoms with van der Waals surface area (Å²) in [6.45, 7) is 0.314.